The Bertz CT molecular complexity index is 460. The molecule has 0 unspecified atom stereocenters. The van der Waals surface area contributed by atoms with E-state index in [0.29, 0.717) is 0 Å². The Hall–Kier alpha value is -1.35. The van der Waals surface area contributed by atoms with Gasteiger partial charge in [-0.3, -0.25) is 9.69 Å². The highest BCUT2D eigenvalue weighted by molar-refractivity contribution is 5.85. The van der Waals surface area contributed by atoms with E-state index in [1.54, 1.807) is 0 Å². The lowest BCUT2D eigenvalue weighted by Crippen LogP contribution is -2.47. The zero-order chi connectivity index (χ0) is 13.2. The minimum Gasteiger partial charge on any atom is -0.368 e. The molecule has 1 aromatic rings. The molecule has 1 heterocycles. The molecule has 3 rings (SSSR count). The second-order valence-electron chi connectivity index (χ2n) is 5.91. The summed E-state index contributed by atoms with van der Waals surface area (Å²) < 4.78 is 0. The van der Waals surface area contributed by atoms with Crippen LogP contribution in [0.1, 0.15) is 28.8 Å². The zero-order valence-corrected chi connectivity index (χ0v) is 11.6. The second kappa shape index (κ2) is 5.33. The normalized spacial score (nSPS) is 20.6. The van der Waals surface area contributed by atoms with Crippen molar-refractivity contribution in [1.29, 1.82) is 0 Å². The molecule has 0 bridgehead atoms. The van der Waals surface area contributed by atoms with Gasteiger partial charge in [-0.25, -0.2) is 0 Å². The van der Waals surface area contributed by atoms with E-state index in [1.807, 2.05) is 13.0 Å². The number of carbonyl (C=O) groups is 1. The van der Waals surface area contributed by atoms with Gasteiger partial charge in [0.25, 0.3) is 0 Å². The smallest absolute Gasteiger partial charge is 0.152 e. The van der Waals surface area contributed by atoms with Crippen LogP contribution in [-0.2, 0) is 0 Å². The summed E-state index contributed by atoms with van der Waals surface area (Å²) in [5, 5.41) is 0. The SMILES string of the molecule is Cc1ccc(N2CCN(CC3CC3)CC2)c(C=O)c1. The quantitative estimate of drug-likeness (QED) is 0.775. The van der Waals surface area contributed by atoms with Gasteiger partial charge in [0.2, 0.25) is 0 Å². The average molecular weight is 258 g/mol. The van der Waals surface area contributed by atoms with Gasteiger partial charge in [-0.15, -0.1) is 0 Å². The number of anilines is 1. The maximum atomic E-state index is 11.2. The van der Waals surface area contributed by atoms with Crippen molar-refractivity contribution in [2.75, 3.05) is 37.6 Å². The molecule has 19 heavy (non-hydrogen) atoms. The lowest BCUT2D eigenvalue weighted by Gasteiger charge is -2.36. The van der Waals surface area contributed by atoms with E-state index >= 15 is 0 Å². The van der Waals surface area contributed by atoms with Gasteiger partial charge in [0, 0.05) is 44.0 Å². The predicted molar refractivity (Wildman–Crippen MR) is 77.9 cm³/mol. The molecule has 2 fully saturated rings. The molecule has 102 valence electrons. The van der Waals surface area contributed by atoms with Crippen LogP contribution >= 0.6 is 0 Å². The highest BCUT2D eigenvalue weighted by Gasteiger charge is 2.26. The molecular formula is C16H22N2O. The molecule has 0 aromatic heterocycles. The van der Waals surface area contributed by atoms with E-state index in [9.17, 15) is 4.79 Å². The van der Waals surface area contributed by atoms with E-state index in [1.165, 1.54) is 19.4 Å². The van der Waals surface area contributed by atoms with Gasteiger partial charge in [0.15, 0.2) is 6.29 Å². The highest BCUT2D eigenvalue weighted by atomic mass is 16.1. The maximum absolute atomic E-state index is 11.2. The van der Waals surface area contributed by atoms with Crippen LogP contribution in [-0.4, -0.2) is 43.9 Å². The van der Waals surface area contributed by atoms with Crippen molar-refractivity contribution in [2.45, 2.75) is 19.8 Å². The minimum absolute atomic E-state index is 0.829. The van der Waals surface area contributed by atoms with Gasteiger partial charge in [-0.05, 0) is 37.8 Å². The molecule has 1 aromatic carbocycles. The Kier molecular flexibility index (Phi) is 3.56. The number of carbonyl (C=O) groups excluding carboxylic acids is 1. The van der Waals surface area contributed by atoms with Crippen LogP contribution in [0.5, 0.6) is 0 Å². The molecule has 0 spiro atoms. The first-order chi connectivity index (χ1) is 9.26. The minimum atomic E-state index is 0.829. The van der Waals surface area contributed by atoms with E-state index < -0.39 is 0 Å². The van der Waals surface area contributed by atoms with Crippen molar-refractivity contribution in [1.82, 2.24) is 4.90 Å². The summed E-state index contributed by atoms with van der Waals surface area (Å²) >= 11 is 0. The zero-order valence-electron chi connectivity index (χ0n) is 11.6. The summed E-state index contributed by atoms with van der Waals surface area (Å²) in [4.78, 5) is 16.1. The molecule has 1 aliphatic carbocycles. The third kappa shape index (κ3) is 2.98. The molecule has 3 nitrogen and oxygen atoms in total. The van der Waals surface area contributed by atoms with Crippen molar-refractivity contribution < 1.29 is 4.79 Å². The fourth-order valence-electron chi connectivity index (χ4n) is 2.89. The topological polar surface area (TPSA) is 23.6 Å². The van der Waals surface area contributed by atoms with Crippen LogP contribution in [0.3, 0.4) is 0 Å². The molecular weight excluding hydrogens is 236 g/mol. The molecule has 1 saturated heterocycles. The van der Waals surface area contributed by atoms with Crippen LogP contribution in [0.25, 0.3) is 0 Å². The van der Waals surface area contributed by atoms with Crippen LogP contribution in [0, 0.1) is 12.8 Å². The first-order valence-electron chi connectivity index (χ1n) is 7.29. The molecule has 1 saturated carbocycles. The van der Waals surface area contributed by atoms with E-state index in [0.717, 1.165) is 55.2 Å². The third-order valence-corrected chi connectivity index (χ3v) is 4.24. The largest absolute Gasteiger partial charge is 0.368 e. The molecule has 2 aliphatic rings. The van der Waals surface area contributed by atoms with E-state index in [2.05, 4.69) is 21.9 Å². The fraction of sp³-hybridized carbons (Fsp3) is 0.562. The summed E-state index contributed by atoms with van der Waals surface area (Å²) in [5.41, 5.74) is 3.08. The standard InChI is InChI=1S/C16H22N2O/c1-13-2-5-16(15(10-13)12-19)18-8-6-17(7-9-18)11-14-3-4-14/h2,5,10,12,14H,3-4,6-9,11H2,1H3. The van der Waals surface area contributed by atoms with Crippen LogP contribution in [0.4, 0.5) is 5.69 Å². The first-order valence-corrected chi connectivity index (χ1v) is 7.29. The van der Waals surface area contributed by atoms with Crippen molar-refractivity contribution in [3.05, 3.63) is 29.3 Å². The molecule has 1 aliphatic heterocycles. The summed E-state index contributed by atoms with van der Waals surface area (Å²) in [6.45, 7) is 7.64. The Balaban J connectivity index is 1.65. The van der Waals surface area contributed by atoms with Gasteiger partial charge in [-0.1, -0.05) is 11.6 Å². The number of benzene rings is 1. The monoisotopic (exact) mass is 258 g/mol. The van der Waals surface area contributed by atoms with Crippen LogP contribution in [0.15, 0.2) is 18.2 Å². The summed E-state index contributed by atoms with van der Waals surface area (Å²) in [5.74, 6) is 0.969. The van der Waals surface area contributed by atoms with Crippen LogP contribution in [0.2, 0.25) is 0 Å². The van der Waals surface area contributed by atoms with E-state index in [4.69, 9.17) is 0 Å². The highest BCUT2D eigenvalue weighted by Crippen LogP contribution is 2.30. The Morgan fingerprint density at radius 1 is 1.21 bits per heavy atom. The molecule has 0 amide bonds. The summed E-state index contributed by atoms with van der Waals surface area (Å²) in [6, 6.07) is 6.17. The number of rotatable bonds is 4. The van der Waals surface area contributed by atoms with Gasteiger partial charge in [0.05, 0.1) is 0 Å². The lowest BCUT2D eigenvalue weighted by molar-refractivity contribution is 0.112. The average Bonchev–Trinajstić information content (AvgIpc) is 3.24. The second-order valence-corrected chi connectivity index (χ2v) is 5.91. The van der Waals surface area contributed by atoms with Crippen molar-refractivity contribution in [3.63, 3.8) is 0 Å². The van der Waals surface area contributed by atoms with Crippen molar-refractivity contribution in [3.8, 4) is 0 Å². The number of aldehydes is 1. The Morgan fingerprint density at radius 2 is 1.95 bits per heavy atom. The van der Waals surface area contributed by atoms with Crippen molar-refractivity contribution >= 4 is 12.0 Å². The first kappa shape index (κ1) is 12.7. The Morgan fingerprint density at radius 3 is 2.58 bits per heavy atom. The molecule has 0 radical (unpaired) electrons. The number of nitrogens with zero attached hydrogens (tertiary/aromatic N) is 2. The number of aryl methyl sites for hydroxylation is 1. The Labute approximate surface area is 115 Å². The third-order valence-electron chi connectivity index (χ3n) is 4.24. The number of hydrogen-bond acceptors (Lipinski definition) is 3. The fourth-order valence-corrected chi connectivity index (χ4v) is 2.89. The molecule has 0 atom stereocenters. The van der Waals surface area contributed by atoms with E-state index in [-0.39, 0.29) is 0 Å². The summed E-state index contributed by atoms with van der Waals surface area (Å²) in [7, 11) is 0. The maximum Gasteiger partial charge on any atom is 0.152 e. The number of hydrogen-bond donors (Lipinski definition) is 0. The van der Waals surface area contributed by atoms with Crippen molar-refractivity contribution in [2.24, 2.45) is 5.92 Å². The lowest BCUT2D eigenvalue weighted by atomic mass is 10.1. The van der Waals surface area contributed by atoms with Gasteiger partial charge < -0.3 is 4.90 Å². The molecule has 3 heteroatoms. The predicted octanol–water partition coefficient (Wildman–Crippen LogP) is 2.34. The van der Waals surface area contributed by atoms with Gasteiger partial charge in [-0.2, -0.15) is 0 Å². The molecule has 0 N–H and O–H groups in total. The van der Waals surface area contributed by atoms with Crippen LogP contribution < -0.4 is 4.90 Å². The van der Waals surface area contributed by atoms with Gasteiger partial charge >= 0.3 is 0 Å². The van der Waals surface area contributed by atoms with Gasteiger partial charge in [0.1, 0.15) is 0 Å². The summed E-state index contributed by atoms with van der Waals surface area (Å²) in [6.07, 6.45) is 3.83. The number of piperazine rings is 1.